The molecule has 0 fully saturated rings. The summed E-state index contributed by atoms with van der Waals surface area (Å²) in [7, 11) is 0. The van der Waals surface area contributed by atoms with Crippen LogP contribution < -0.4 is 9.80 Å². The van der Waals surface area contributed by atoms with Crippen LogP contribution in [0.4, 0.5) is 34.1 Å². The highest BCUT2D eigenvalue weighted by Crippen LogP contribution is 2.43. The molecule has 0 saturated carbocycles. The average Bonchev–Trinajstić information content (AvgIpc) is 4.10. The Morgan fingerprint density at radius 3 is 0.705 bits per heavy atom. The van der Waals surface area contributed by atoms with Crippen LogP contribution in [0.1, 0.15) is 22.3 Å². The molecule has 368 valence electrons. The molecule has 78 heavy (non-hydrogen) atoms. The summed E-state index contributed by atoms with van der Waals surface area (Å²) >= 11 is 0. The molecule has 0 atom stereocenters. The lowest BCUT2D eigenvalue weighted by Crippen LogP contribution is -2.10. The highest BCUT2D eigenvalue weighted by atomic mass is 15.1. The molecule has 0 aliphatic rings. The van der Waals surface area contributed by atoms with Crippen LogP contribution in [0.3, 0.4) is 0 Å². The van der Waals surface area contributed by atoms with Crippen molar-refractivity contribution in [2.45, 2.75) is 0 Å². The van der Waals surface area contributed by atoms with E-state index < -0.39 is 0 Å². The van der Waals surface area contributed by atoms with Gasteiger partial charge in [-0.25, -0.2) is 0 Å². The van der Waals surface area contributed by atoms with Crippen LogP contribution >= 0.6 is 0 Å². The Morgan fingerprint density at radius 1 is 0.192 bits per heavy atom. The van der Waals surface area contributed by atoms with Gasteiger partial charge in [0.1, 0.15) is 0 Å². The molecule has 4 nitrogen and oxygen atoms in total. The summed E-state index contributed by atoms with van der Waals surface area (Å²) in [4.78, 5) is 4.69. The number of hydrogen-bond acceptors (Lipinski definition) is 2. The molecule has 2 aromatic heterocycles. The number of benzene rings is 12. The molecule has 14 rings (SSSR count). The van der Waals surface area contributed by atoms with Crippen LogP contribution in [0.25, 0.3) is 66.1 Å². The minimum atomic E-state index is 1.07. The molecule has 0 aliphatic heterocycles. The Bertz CT molecular complexity index is 4030. The van der Waals surface area contributed by atoms with E-state index in [9.17, 15) is 0 Å². The third kappa shape index (κ3) is 8.30. The van der Waals surface area contributed by atoms with Crippen molar-refractivity contribution >= 4 is 88.9 Å². The Kier molecular flexibility index (Phi) is 11.8. The van der Waals surface area contributed by atoms with Crippen LogP contribution in [0.5, 0.6) is 0 Å². The van der Waals surface area contributed by atoms with E-state index in [-0.39, 0.29) is 0 Å². The summed E-state index contributed by atoms with van der Waals surface area (Å²) in [6.45, 7) is 0. The van der Waals surface area contributed by atoms with Gasteiger partial charge in [-0.05, 0) is 155 Å². The number of hydrogen-bond donors (Lipinski definition) is 0. The van der Waals surface area contributed by atoms with Gasteiger partial charge in [0.05, 0.1) is 22.1 Å². The van der Waals surface area contributed by atoms with E-state index in [1.807, 2.05) is 0 Å². The van der Waals surface area contributed by atoms with Crippen molar-refractivity contribution in [3.8, 4) is 11.4 Å². The summed E-state index contributed by atoms with van der Waals surface area (Å²) in [6.07, 6.45) is 0. The van der Waals surface area contributed by atoms with E-state index in [4.69, 9.17) is 0 Å². The lowest BCUT2D eigenvalue weighted by molar-refractivity contribution is 1.17. The zero-order valence-corrected chi connectivity index (χ0v) is 42.8. The largest absolute Gasteiger partial charge is 0.311 e. The molecule has 0 N–H and O–H groups in total. The Hall–Kier alpha value is -10.4. The first-order chi connectivity index (χ1) is 38.7. The number of rotatable bonds is 12. The molecule has 0 aliphatic carbocycles. The first kappa shape index (κ1) is 46.1. The minimum absolute atomic E-state index is 1.07. The van der Waals surface area contributed by atoms with Gasteiger partial charge in [-0.1, -0.05) is 194 Å². The Labute approximate surface area is 454 Å². The second-order valence-corrected chi connectivity index (χ2v) is 19.7. The van der Waals surface area contributed by atoms with Crippen LogP contribution in [0.15, 0.2) is 315 Å². The smallest absolute Gasteiger partial charge is 0.0541 e. The van der Waals surface area contributed by atoms with Crippen LogP contribution in [-0.4, -0.2) is 9.13 Å². The maximum atomic E-state index is 2.37. The van der Waals surface area contributed by atoms with Crippen molar-refractivity contribution in [3.05, 3.63) is 338 Å². The molecule has 14 aromatic rings. The number of para-hydroxylation sites is 6. The lowest BCUT2D eigenvalue weighted by Gasteiger charge is -2.27. The molecular formula is C74H52N4. The van der Waals surface area contributed by atoms with Crippen molar-refractivity contribution in [2.75, 3.05) is 9.80 Å². The monoisotopic (exact) mass is 996 g/mol. The summed E-state index contributed by atoms with van der Waals surface area (Å²) in [5.41, 5.74) is 20.3. The zero-order valence-electron chi connectivity index (χ0n) is 42.8. The van der Waals surface area contributed by atoms with Gasteiger partial charge in [0, 0.05) is 67.0 Å². The van der Waals surface area contributed by atoms with Gasteiger partial charge < -0.3 is 18.9 Å². The molecule has 0 radical (unpaired) electrons. The fourth-order valence-corrected chi connectivity index (χ4v) is 11.6. The predicted octanol–water partition coefficient (Wildman–Crippen LogP) is 19.8. The topological polar surface area (TPSA) is 16.3 Å². The zero-order chi connectivity index (χ0) is 51.8. The first-order valence-corrected chi connectivity index (χ1v) is 26.7. The third-order valence-corrected chi connectivity index (χ3v) is 15.1. The molecular weight excluding hydrogens is 945 g/mol. The number of fused-ring (bicyclic) bond motifs is 6. The maximum Gasteiger partial charge on any atom is 0.0541 e. The van der Waals surface area contributed by atoms with Crippen molar-refractivity contribution < 1.29 is 0 Å². The second kappa shape index (κ2) is 20.0. The van der Waals surface area contributed by atoms with Crippen molar-refractivity contribution in [2.24, 2.45) is 0 Å². The molecule has 4 heteroatoms. The molecule has 0 spiro atoms. The van der Waals surface area contributed by atoms with Gasteiger partial charge in [0.2, 0.25) is 0 Å². The van der Waals surface area contributed by atoms with Gasteiger partial charge in [0.15, 0.2) is 0 Å². The van der Waals surface area contributed by atoms with E-state index in [0.717, 1.165) is 78.9 Å². The Balaban J connectivity index is 0.853. The maximum absolute atomic E-state index is 2.37. The van der Waals surface area contributed by atoms with Crippen LogP contribution in [0, 0.1) is 0 Å². The van der Waals surface area contributed by atoms with E-state index in [0.29, 0.717) is 0 Å². The molecule has 0 amide bonds. The highest BCUT2D eigenvalue weighted by Gasteiger charge is 2.21. The van der Waals surface area contributed by atoms with Crippen molar-refractivity contribution in [1.29, 1.82) is 0 Å². The highest BCUT2D eigenvalue weighted by molar-refractivity contribution is 6.10. The fraction of sp³-hybridized carbons (Fsp3) is 0. The minimum Gasteiger partial charge on any atom is -0.311 e. The normalized spacial score (nSPS) is 11.8. The summed E-state index contributed by atoms with van der Waals surface area (Å²) in [5.74, 6) is 0. The van der Waals surface area contributed by atoms with Crippen molar-refractivity contribution in [3.63, 3.8) is 0 Å². The first-order valence-electron chi connectivity index (χ1n) is 26.7. The van der Waals surface area contributed by atoms with Gasteiger partial charge in [-0.15, -0.1) is 0 Å². The third-order valence-electron chi connectivity index (χ3n) is 15.1. The standard InChI is InChI=1S/C74H52N4/c1-5-21-53(22-6-1)73(55-37-41-59(42-38-55)75(57-25-9-3-10-26-57)61-45-49-63(50-46-61)77-69-33-17-13-29-65(69)66-30-14-18-34-70(66)77)74(54-23-7-2-8-24-54)56-39-43-60(44-40-56)76(58-27-11-4-12-28-58)62-47-51-64(52-48-62)78-71-35-19-15-31-67(71)68-32-16-20-36-72(68)78/h1-52H/b74-73+. The van der Waals surface area contributed by atoms with Gasteiger partial charge in [-0.3, -0.25) is 0 Å². The predicted molar refractivity (Wildman–Crippen MR) is 329 cm³/mol. The average molecular weight is 997 g/mol. The van der Waals surface area contributed by atoms with Gasteiger partial charge in [0.25, 0.3) is 0 Å². The summed E-state index contributed by atoms with van der Waals surface area (Å²) in [6, 6.07) is 114. The van der Waals surface area contributed by atoms with E-state index in [2.05, 4.69) is 334 Å². The number of anilines is 6. The molecule has 2 heterocycles. The van der Waals surface area contributed by atoms with Gasteiger partial charge >= 0.3 is 0 Å². The number of nitrogens with zero attached hydrogens (tertiary/aromatic N) is 4. The number of aromatic nitrogens is 2. The molecule has 0 unspecified atom stereocenters. The molecule has 12 aromatic carbocycles. The van der Waals surface area contributed by atoms with E-state index >= 15 is 0 Å². The fourth-order valence-electron chi connectivity index (χ4n) is 11.6. The lowest BCUT2D eigenvalue weighted by atomic mass is 9.85. The van der Waals surface area contributed by atoms with Crippen molar-refractivity contribution in [1.82, 2.24) is 9.13 Å². The molecule has 0 bridgehead atoms. The van der Waals surface area contributed by atoms with E-state index in [1.165, 1.54) is 43.6 Å². The van der Waals surface area contributed by atoms with Crippen LogP contribution in [-0.2, 0) is 0 Å². The SMILES string of the molecule is c1ccc(/C(=C(/c2ccccc2)c2ccc(N(c3ccccc3)c3ccc(-n4c5ccccc5c5ccccc54)cc3)cc2)c2ccc(N(c3ccccc3)c3ccc(-n4c5ccccc5c5ccccc54)cc3)cc2)cc1. The second-order valence-electron chi connectivity index (χ2n) is 19.7. The van der Waals surface area contributed by atoms with E-state index in [1.54, 1.807) is 0 Å². The van der Waals surface area contributed by atoms with Gasteiger partial charge in [-0.2, -0.15) is 0 Å². The molecule has 0 saturated heterocycles. The Morgan fingerprint density at radius 2 is 0.410 bits per heavy atom. The van der Waals surface area contributed by atoms with Crippen LogP contribution in [0.2, 0.25) is 0 Å². The summed E-state index contributed by atoms with van der Waals surface area (Å²) in [5, 5.41) is 5.01. The summed E-state index contributed by atoms with van der Waals surface area (Å²) < 4.78 is 4.74. The quantitative estimate of drug-likeness (QED) is 0.113.